The highest BCUT2D eigenvalue weighted by Gasteiger charge is 2.14. The number of hydrogen-bond donors (Lipinski definition) is 1. The second-order valence-corrected chi connectivity index (χ2v) is 7.79. The van der Waals surface area contributed by atoms with E-state index in [1.807, 2.05) is 12.1 Å². The first kappa shape index (κ1) is 16.9. The minimum atomic E-state index is -0.485. The highest BCUT2D eigenvalue weighted by Crippen LogP contribution is 2.23. The van der Waals surface area contributed by atoms with E-state index >= 15 is 0 Å². The minimum Gasteiger partial charge on any atom is -0.389 e. The maximum Gasteiger partial charge on any atom is 0.269 e. The molecule has 5 heteroatoms. The lowest BCUT2D eigenvalue weighted by molar-refractivity contribution is -0.384. The molecule has 0 saturated heterocycles. The molecule has 0 aliphatic heterocycles. The van der Waals surface area contributed by atoms with Crippen LogP contribution < -0.4 is 5.32 Å². The number of anilines is 1. The summed E-state index contributed by atoms with van der Waals surface area (Å²) in [4.78, 5) is 10.3. The molecule has 0 spiro atoms. The summed E-state index contributed by atoms with van der Waals surface area (Å²) in [6.45, 7) is 0. The van der Waals surface area contributed by atoms with E-state index in [-0.39, 0.29) is 10.6 Å². The van der Waals surface area contributed by atoms with Crippen molar-refractivity contribution in [3.05, 3.63) is 106 Å². The van der Waals surface area contributed by atoms with Crippen molar-refractivity contribution in [1.29, 1.82) is 0 Å². The summed E-state index contributed by atoms with van der Waals surface area (Å²) in [5, 5.41) is 14.1. The minimum absolute atomic E-state index is 0.120. The summed E-state index contributed by atoms with van der Waals surface area (Å²) in [6, 6.07) is 27.8. The van der Waals surface area contributed by atoms with Crippen LogP contribution >= 0.6 is 0 Å². The summed E-state index contributed by atoms with van der Waals surface area (Å²) in [5.41, 5.74) is 4.21. The van der Waals surface area contributed by atoms with Crippen molar-refractivity contribution in [2.45, 2.75) is 5.54 Å². The first-order valence-electron chi connectivity index (χ1n) is 8.32. The summed E-state index contributed by atoms with van der Waals surface area (Å²) in [7, 11) is -0.485. The van der Waals surface area contributed by atoms with Crippen LogP contribution in [-0.2, 0) is 0 Å². The molecule has 1 N–H and O–H groups in total. The zero-order valence-electron chi connectivity index (χ0n) is 13.8. The Morgan fingerprint density at radius 2 is 1.36 bits per heavy atom. The molecule has 0 aromatic heterocycles. The monoisotopic (exact) mass is 348 g/mol. The van der Waals surface area contributed by atoms with E-state index in [1.54, 1.807) is 12.1 Å². The molecule has 3 aromatic rings. The Kier molecular flexibility index (Phi) is 5.59. The summed E-state index contributed by atoms with van der Waals surface area (Å²) >= 11 is 0. The number of nitro benzene ring substituents is 1. The Bertz CT molecular complexity index is 769. The average molecular weight is 348 g/mol. The number of benzene rings is 3. The number of nitrogens with one attached hydrogen (secondary N) is 1. The quantitative estimate of drug-likeness (QED) is 0.400. The van der Waals surface area contributed by atoms with Crippen LogP contribution in [0.1, 0.15) is 16.7 Å². The first-order chi connectivity index (χ1) is 12.2. The van der Waals surface area contributed by atoms with Crippen molar-refractivity contribution in [3.8, 4) is 0 Å². The Morgan fingerprint density at radius 3 is 1.84 bits per heavy atom. The van der Waals surface area contributed by atoms with Gasteiger partial charge in [-0.15, -0.1) is 0 Å². The third kappa shape index (κ3) is 4.55. The van der Waals surface area contributed by atoms with Crippen LogP contribution in [0.3, 0.4) is 0 Å². The zero-order valence-corrected chi connectivity index (χ0v) is 15.3. The Labute approximate surface area is 149 Å². The zero-order chi connectivity index (χ0) is 17.5. The van der Waals surface area contributed by atoms with Crippen LogP contribution in [0.4, 0.5) is 11.4 Å². The molecule has 0 unspecified atom stereocenters. The summed E-state index contributed by atoms with van der Waals surface area (Å²) < 4.78 is 0. The molecule has 0 radical (unpaired) electrons. The van der Waals surface area contributed by atoms with E-state index < -0.39 is 9.52 Å². The third-order valence-electron chi connectivity index (χ3n) is 4.24. The van der Waals surface area contributed by atoms with Crippen LogP contribution in [0.2, 0.25) is 0 Å². The molecular formula is C20H20N2O2Si. The normalized spacial score (nSPS) is 11.1. The van der Waals surface area contributed by atoms with E-state index in [4.69, 9.17) is 0 Å². The average Bonchev–Trinajstić information content (AvgIpc) is 2.67. The Balaban J connectivity index is 1.68. The lowest BCUT2D eigenvalue weighted by atomic mass is 10.0. The lowest BCUT2D eigenvalue weighted by Gasteiger charge is -2.18. The molecule has 4 nitrogen and oxygen atoms in total. The molecule has 0 fully saturated rings. The molecule has 0 bridgehead atoms. The predicted molar refractivity (Wildman–Crippen MR) is 105 cm³/mol. The van der Waals surface area contributed by atoms with Crippen LogP contribution in [0.5, 0.6) is 0 Å². The topological polar surface area (TPSA) is 55.2 Å². The van der Waals surface area contributed by atoms with Gasteiger partial charge in [-0.1, -0.05) is 60.7 Å². The fourth-order valence-electron chi connectivity index (χ4n) is 2.96. The highest BCUT2D eigenvalue weighted by atomic mass is 28.2. The molecule has 3 rings (SSSR count). The number of rotatable bonds is 7. The molecule has 126 valence electrons. The molecular weight excluding hydrogens is 328 g/mol. The van der Waals surface area contributed by atoms with Gasteiger partial charge in [0.25, 0.3) is 5.69 Å². The van der Waals surface area contributed by atoms with Gasteiger partial charge < -0.3 is 5.32 Å². The van der Waals surface area contributed by atoms with Crippen LogP contribution in [-0.4, -0.2) is 20.6 Å². The number of hydrogen-bond acceptors (Lipinski definition) is 3. The smallest absolute Gasteiger partial charge is 0.269 e. The fourth-order valence-corrected chi connectivity index (χ4v) is 4.89. The van der Waals surface area contributed by atoms with Gasteiger partial charge in [0.1, 0.15) is 0 Å². The van der Waals surface area contributed by atoms with Gasteiger partial charge in [0.15, 0.2) is 0 Å². The van der Waals surface area contributed by atoms with Gasteiger partial charge in [0.2, 0.25) is 0 Å². The Morgan fingerprint density at radius 1 is 0.840 bits per heavy atom. The SMILES string of the molecule is O=[N+]([O-])c1ccc(NC[SiH2]C(c2ccccc2)c2ccccc2)cc1. The number of non-ortho nitro benzene ring substituents is 1. The summed E-state index contributed by atoms with van der Waals surface area (Å²) in [5.74, 6) is 0. The highest BCUT2D eigenvalue weighted by molar-refractivity contribution is 6.40. The molecule has 25 heavy (non-hydrogen) atoms. The van der Waals surface area contributed by atoms with Crippen molar-refractivity contribution in [1.82, 2.24) is 0 Å². The van der Waals surface area contributed by atoms with Gasteiger partial charge >= 0.3 is 0 Å². The predicted octanol–water partition coefficient (Wildman–Crippen LogP) is 3.92. The number of nitrogens with zero attached hydrogens (tertiary/aromatic N) is 1. The lowest BCUT2D eigenvalue weighted by Crippen LogP contribution is -2.19. The van der Waals surface area contributed by atoms with Crippen molar-refractivity contribution in [3.63, 3.8) is 0 Å². The van der Waals surface area contributed by atoms with Gasteiger partial charge in [-0.05, 0) is 28.8 Å². The van der Waals surface area contributed by atoms with Gasteiger partial charge in [-0.2, -0.15) is 0 Å². The van der Waals surface area contributed by atoms with E-state index in [1.165, 1.54) is 23.3 Å². The second kappa shape index (κ2) is 8.26. The summed E-state index contributed by atoms with van der Waals surface area (Å²) in [6.07, 6.45) is 0.923. The van der Waals surface area contributed by atoms with Gasteiger partial charge in [-0.25, -0.2) is 0 Å². The second-order valence-electron chi connectivity index (χ2n) is 5.89. The van der Waals surface area contributed by atoms with Gasteiger partial charge in [0.05, 0.1) is 14.4 Å². The molecule has 0 amide bonds. The molecule has 0 aliphatic rings. The van der Waals surface area contributed by atoms with Crippen molar-refractivity contribution >= 4 is 20.9 Å². The molecule has 0 heterocycles. The maximum absolute atomic E-state index is 10.7. The van der Waals surface area contributed by atoms with Gasteiger partial charge in [-0.3, -0.25) is 10.1 Å². The van der Waals surface area contributed by atoms with E-state index in [2.05, 4.69) is 53.8 Å². The van der Waals surface area contributed by atoms with E-state index in [0.29, 0.717) is 5.54 Å². The molecule has 0 saturated carbocycles. The van der Waals surface area contributed by atoms with E-state index in [9.17, 15) is 10.1 Å². The van der Waals surface area contributed by atoms with Crippen LogP contribution in [0.15, 0.2) is 84.9 Å². The van der Waals surface area contributed by atoms with Crippen molar-refractivity contribution in [2.24, 2.45) is 0 Å². The van der Waals surface area contributed by atoms with Crippen LogP contribution in [0, 0.1) is 10.1 Å². The molecule has 0 aliphatic carbocycles. The Hall–Kier alpha value is -2.92. The van der Waals surface area contributed by atoms with Crippen molar-refractivity contribution < 1.29 is 4.92 Å². The maximum atomic E-state index is 10.7. The van der Waals surface area contributed by atoms with Crippen molar-refractivity contribution in [2.75, 3.05) is 11.5 Å². The largest absolute Gasteiger partial charge is 0.389 e. The molecule has 3 aromatic carbocycles. The van der Waals surface area contributed by atoms with E-state index in [0.717, 1.165) is 11.9 Å². The van der Waals surface area contributed by atoms with Crippen LogP contribution in [0.25, 0.3) is 0 Å². The number of nitro groups is 1. The fraction of sp³-hybridized carbons (Fsp3) is 0.100. The molecule has 0 atom stereocenters. The van der Waals surface area contributed by atoms with Gasteiger partial charge in [0, 0.05) is 24.0 Å². The first-order valence-corrected chi connectivity index (χ1v) is 10.1. The third-order valence-corrected chi connectivity index (χ3v) is 6.30. The standard InChI is InChI=1S/C20H20N2O2Si/c23-22(24)19-13-11-18(12-14-19)21-15-25-20(16-7-3-1-4-8-16)17-9-5-2-6-10-17/h1-14,20-21H,15,25H2.